The summed E-state index contributed by atoms with van der Waals surface area (Å²) in [5.74, 6) is -0.552. The van der Waals surface area contributed by atoms with Gasteiger partial charge in [0.15, 0.2) is 5.69 Å². The molecule has 1 spiro atoms. The van der Waals surface area contributed by atoms with E-state index in [1.807, 2.05) is 0 Å². The highest BCUT2D eigenvalue weighted by Gasteiger charge is 2.39. The zero-order valence-electron chi connectivity index (χ0n) is 14.1. The number of nitrogens with one attached hydrogen (secondary N) is 1. The quantitative estimate of drug-likeness (QED) is 0.788. The molecular formula is C15H23N5O4. The molecule has 2 aliphatic rings. The molecule has 0 saturated carbocycles. The molecule has 0 bridgehead atoms. The molecule has 132 valence electrons. The van der Waals surface area contributed by atoms with Crippen LogP contribution in [0.1, 0.15) is 29.0 Å². The number of aromatic nitrogens is 2. The number of ether oxygens (including phenoxy) is 1. The Balaban J connectivity index is 1.47. The Kier molecular flexibility index (Phi) is 4.81. The molecular weight excluding hydrogens is 314 g/mol. The van der Waals surface area contributed by atoms with Crippen LogP contribution in [0.4, 0.5) is 0 Å². The van der Waals surface area contributed by atoms with Crippen LogP contribution in [0.5, 0.6) is 0 Å². The first-order valence-electron chi connectivity index (χ1n) is 8.17. The normalized spacial score (nSPS) is 21.0. The third-order valence-corrected chi connectivity index (χ3v) is 4.73. The maximum absolute atomic E-state index is 12.3. The maximum Gasteiger partial charge on any atom is 0.275 e. The first kappa shape index (κ1) is 16.8. The van der Waals surface area contributed by atoms with E-state index in [9.17, 15) is 9.59 Å². The highest BCUT2D eigenvalue weighted by atomic mass is 16.6. The van der Waals surface area contributed by atoms with E-state index in [0.29, 0.717) is 18.8 Å². The fourth-order valence-electron chi connectivity index (χ4n) is 3.29. The van der Waals surface area contributed by atoms with E-state index in [-0.39, 0.29) is 23.7 Å². The van der Waals surface area contributed by atoms with Crippen LogP contribution in [-0.2, 0) is 9.53 Å². The zero-order valence-corrected chi connectivity index (χ0v) is 14.1. The molecule has 0 radical (unpaired) electrons. The predicted octanol–water partition coefficient (Wildman–Crippen LogP) is -0.569. The monoisotopic (exact) mass is 337 g/mol. The number of hydrogen-bond donors (Lipinski definition) is 1. The van der Waals surface area contributed by atoms with Gasteiger partial charge in [0.05, 0.1) is 18.8 Å². The third-order valence-electron chi connectivity index (χ3n) is 4.73. The minimum absolute atomic E-state index is 0.0567. The van der Waals surface area contributed by atoms with E-state index < -0.39 is 5.91 Å². The standard InChI is InChI=1S/C15H23N5O4/c1-11-13(18-24-17-11)14(22)16-9-12(21)20-5-3-15(4-6-20)10-19(2)7-8-23-15/h3-10H2,1-2H3,(H,16,22). The lowest BCUT2D eigenvalue weighted by atomic mass is 9.89. The van der Waals surface area contributed by atoms with E-state index >= 15 is 0 Å². The van der Waals surface area contributed by atoms with Crippen molar-refractivity contribution >= 4 is 11.8 Å². The van der Waals surface area contributed by atoms with Crippen molar-refractivity contribution in [2.75, 3.05) is 46.4 Å². The number of piperidine rings is 1. The van der Waals surface area contributed by atoms with Gasteiger partial charge in [0, 0.05) is 26.2 Å². The van der Waals surface area contributed by atoms with Crippen molar-refractivity contribution in [3.8, 4) is 0 Å². The van der Waals surface area contributed by atoms with Crippen LogP contribution >= 0.6 is 0 Å². The van der Waals surface area contributed by atoms with Crippen molar-refractivity contribution in [2.45, 2.75) is 25.4 Å². The number of likely N-dealkylation sites (N-methyl/N-ethyl adjacent to an activating group) is 1. The van der Waals surface area contributed by atoms with Gasteiger partial charge in [-0.15, -0.1) is 0 Å². The minimum atomic E-state index is -0.451. The molecule has 2 fully saturated rings. The lowest BCUT2D eigenvalue weighted by Gasteiger charge is -2.46. The summed E-state index contributed by atoms with van der Waals surface area (Å²) in [5.41, 5.74) is 0.383. The second-order valence-corrected chi connectivity index (χ2v) is 6.53. The predicted molar refractivity (Wildman–Crippen MR) is 83.4 cm³/mol. The van der Waals surface area contributed by atoms with Gasteiger partial charge >= 0.3 is 0 Å². The van der Waals surface area contributed by atoms with Gasteiger partial charge in [-0.1, -0.05) is 5.16 Å². The molecule has 0 aromatic carbocycles. The van der Waals surface area contributed by atoms with Crippen molar-refractivity contribution in [3.63, 3.8) is 0 Å². The molecule has 2 amide bonds. The summed E-state index contributed by atoms with van der Waals surface area (Å²) < 4.78 is 10.5. The fraction of sp³-hybridized carbons (Fsp3) is 0.733. The van der Waals surface area contributed by atoms with Gasteiger partial charge < -0.3 is 19.9 Å². The largest absolute Gasteiger partial charge is 0.372 e. The van der Waals surface area contributed by atoms with Crippen molar-refractivity contribution in [2.24, 2.45) is 0 Å². The number of morpholine rings is 1. The molecule has 2 saturated heterocycles. The Morgan fingerprint density at radius 1 is 1.25 bits per heavy atom. The second kappa shape index (κ2) is 6.86. The SMILES string of the molecule is Cc1nonc1C(=O)NCC(=O)N1CCC2(CC1)CN(C)CCO2. The molecule has 0 aliphatic carbocycles. The average molecular weight is 337 g/mol. The number of hydrogen-bond acceptors (Lipinski definition) is 7. The number of rotatable bonds is 3. The van der Waals surface area contributed by atoms with E-state index in [4.69, 9.17) is 4.74 Å². The summed E-state index contributed by atoms with van der Waals surface area (Å²) in [5, 5.41) is 9.64. The Labute approximate surface area is 140 Å². The number of amides is 2. The van der Waals surface area contributed by atoms with E-state index in [2.05, 4.69) is 32.2 Å². The van der Waals surface area contributed by atoms with Crippen LogP contribution in [0.2, 0.25) is 0 Å². The number of nitrogens with zero attached hydrogens (tertiary/aromatic N) is 4. The average Bonchev–Trinajstić information content (AvgIpc) is 2.99. The number of likely N-dealkylation sites (tertiary alicyclic amines) is 1. The van der Waals surface area contributed by atoms with Gasteiger partial charge in [0.1, 0.15) is 5.69 Å². The lowest BCUT2D eigenvalue weighted by molar-refractivity contribution is -0.147. The van der Waals surface area contributed by atoms with Gasteiger partial charge in [-0.2, -0.15) is 0 Å². The van der Waals surface area contributed by atoms with Crippen molar-refractivity contribution in [1.29, 1.82) is 0 Å². The van der Waals surface area contributed by atoms with Crippen LogP contribution in [0.25, 0.3) is 0 Å². The first-order valence-corrected chi connectivity index (χ1v) is 8.17. The van der Waals surface area contributed by atoms with Crippen molar-refractivity contribution < 1.29 is 19.0 Å². The lowest BCUT2D eigenvalue weighted by Crippen LogP contribution is -2.57. The Hall–Kier alpha value is -2.00. The molecule has 1 aromatic rings. The maximum atomic E-state index is 12.3. The summed E-state index contributed by atoms with van der Waals surface area (Å²) >= 11 is 0. The Morgan fingerprint density at radius 3 is 2.62 bits per heavy atom. The molecule has 0 unspecified atom stereocenters. The smallest absolute Gasteiger partial charge is 0.275 e. The van der Waals surface area contributed by atoms with E-state index in [1.165, 1.54) is 0 Å². The molecule has 3 rings (SSSR count). The van der Waals surface area contributed by atoms with Crippen LogP contribution in [-0.4, -0.2) is 83.9 Å². The second-order valence-electron chi connectivity index (χ2n) is 6.53. The number of carbonyl (C=O) groups is 2. The molecule has 2 aliphatic heterocycles. The Bertz CT molecular complexity index is 609. The van der Waals surface area contributed by atoms with E-state index in [0.717, 1.165) is 32.5 Å². The first-order chi connectivity index (χ1) is 11.5. The summed E-state index contributed by atoms with van der Waals surface area (Å²) in [6, 6.07) is 0. The van der Waals surface area contributed by atoms with Crippen LogP contribution in [0, 0.1) is 6.92 Å². The molecule has 1 N–H and O–H groups in total. The van der Waals surface area contributed by atoms with Gasteiger partial charge in [0.25, 0.3) is 5.91 Å². The van der Waals surface area contributed by atoms with E-state index in [1.54, 1.807) is 11.8 Å². The third kappa shape index (κ3) is 3.57. The van der Waals surface area contributed by atoms with Crippen molar-refractivity contribution in [3.05, 3.63) is 11.4 Å². The van der Waals surface area contributed by atoms with Gasteiger partial charge in [0.2, 0.25) is 5.91 Å². The molecule has 0 atom stereocenters. The fourth-order valence-corrected chi connectivity index (χ4v) is 3.29. The molecule has 9 heteroatoms. The summed E-state index contributed by atoms with van der Waals surface area (Å²) in [6.07, 6.45) is 1.65. The number of aryl methyl sites for hydroxylation is 1. The van der Waals surface area contributed by atoms with Crippen LogP contribution in [0.3, 0.4) is 0 Å². The number of carbonyl (C=O) groups excluding carboxylic acids is 2. The van der Waals surface area contributed by atoms with Gasteiger partial charge in [-0.3, -0.25) is 9.59 Å². The molecule has 3 heterocycles. The minimum Gasteiger partial charge on any atom is -0.372 e. The highest BCUT2D eigenvalue weighted by Crippen LogP contribution is 2.29. The molecule has 24 heavy (non-hydrogen) atoms. The zero-order chi connectivity index (χ0) is 17.2. The Morgan fingerprint density at radius 2 is 2.00 bits per heavy atom. The summed E-state index contributed by atoms with van der Waals surface area (Å²) in [7, 11) is 2.10. The van der Waals surface area contributed by atoms with Crippen LogP contribution < -0.4 is 5.32 Å². The van der Waals surface area contributed by atoms with Gasteiger partial charge in [-0.25, -0.2) is 4.63 Å². The molecule has 1 aromatic heterocycles. The highest BCUT2D eigenvalue weighted by molar-refractivity contribution is 5.95. The summed E-state index contributed by atoms with van der Waals surface area (Å²) in [4.78, 5) is 28.3. The van der Waals surface area contributed by atoms with Gasteiger partial charge in [-0.05, 0) is 32.0 Å². The van der Waals surface area contributed by atoms with Crippen LogP contribution in [0.15, 0.2) is 4.63 Å². The molecule has 9 nitrogen and oxygen atoms in total. The summed E-state index contributed by atoms with van der Waals surface area (Å²) in [6.45, 7) is 5.46. The van der Waals surface area contributed by atoms with Crippen molar-refractivity contribution in [1.82, 2.24) is 25.4 Å². The topological polar surface area (TPSA) is 101 Å².